The summed E-state index contributed by atoms with van der Waals surface area (Å²) in [5, 5.41) is 18.7. The summed E-state index contributed by atoms with van der Waals surface area (Å²) in [5.74, 6) is -3.85. The van der Waals surface area contributed by atoms with Crippen LogP contribution in [0.4, 0.5) is 0 Å². The predicted molar refractivity (Wildman–Crippen MR) is 80.9 cm³/mol. The van der Waals surface area contributed by atoms with Gasteiger partial charge in [0, 0.05) is 17.9 Å². The summed E-state index contributed by atoms with van der Waals surface area (Å²) in [4.78, 5) is 35.7. The van der Waals surface area contributed by atoms with Crippen LogP contribution in [0.25, 0.3) is 0 Å². The molecule has 4 rings (SSSR count). The quantitative estimate of drug-likeness (QED) is 0.502. The van der Waals surface area contributed by atoms with Crippen molar-refractivity contribution in [3.05, 3.63) is 11.6 Å². The largest absolute Gasteiger partial charge is 0.481 e. The van der Waals surface area contributed by atoms with Gasteiger partial charge in [-0.25, -0.2) is 4.79 Å². The maximum absolute atomic E-state index is 12.8. The van der Waals surface area contributed by atoms with Crippen LogP contribution in [0.1, 0.15) is 25.7 Å². The first kappa shape index (κ1) is 15.8. The minimum atomic E-state index is -1.45. The van der Waals surface area contributed by atoms with E-state index >= 15 is 0 Å². The van der Waals surface area contributed by atoms with Crippen molar-refractivity contribution < 1.29 is 29.3 Å². The molecule has 130 valence electrons. The molecule has 3 saturated carbocycles. The molecule has 7 heteroatoms. The average Bonchev–Trinajstić information content (AvgIpc) is 2.86. The number of carboxylic acid groups (broad SMARTS) is 2. The van der Waals surface area contributed by atoms with Gasteiger partial charge in [0.2, 0.25) is 5.78 Å². The first-order chi connectivity index (χ1) is 11.4. The van der Waals surface area contributed by atoms with Gasteiger partial charge in [0.15, 0.2) is 0 Å². The van der Waals surface area contributed by atoms with E-state index in [1.807, 2.05) is 6.08 Å². The Balaban J connectivity index is 1.88. The van der Waals surface area contributed by atoms with Crippen molar-refractivity contribution in [2.24, 2.45) is 34.8 Å². The second kappa shape index (κ2) is 5.13. The molecule has 2 bridgehead atoms. The van der Waals surface area contributed by atoms with Gasteiger partial charge in [0.05, 0.1) is 24.5 Å². The van der Waals surface area contributed by atoms with E-state index in [4.69, 9.17) is 10.5 Å². The molecule has 1 heterocycles. The highest BCUT2D eigenvalue weighted by Gasteiger charge is 2.72. The molecule has 7 nitrogen and oxygen atoms in total. The van der Waals surface area contributed by atoms with Crippen LogP contribution in [-0.2, 0) is 19.1 Å². The summed E-state index contributed by atoms with van der Waals surface area (Å²) in [6, 6.07) is -0.302. The highest BCUT2D eigenvalue weighted by Crippen LogP contribution is 2.69. The average molecular weight is 335 g/mol. The summed E-state index contributed by atoms with van der Waals surface area (Å²) >= 11 is 0. The molecule has 0 aromatic heterocycles. The van der Waals surface area contributed by atoms with Crippen molar-refractivity contribution in [1.29, 1.82) is 0 Å². The number of carboxylic acids is 2. The molecule has 0 aromatic carbocycles. The molecule has 0 aromatic rings. The van der Waals surface area contributed by atoms with Gasteiger partial charge in [0.25, 0.3) is 0 Å². The van der Waals surface area contributed by atoms with Crippen LogP contribution in [-0.4, -0.2) is 46.7 Å². The third-order valence-electron chi connectivity index (χ3n) is 6.82. The van der Waals surface area contributed by atoms with E-state index in [0.29, 0.717) is 13.0 Å². The van der Waals surface area contributed by atoms with Gasteiger partial charge in [-0.3, -0.25) is 9.59 Å². The fourth-order valence-electron chi connectivity index (χ4n) is 6.30. The Hall–Kier alpha value is -1.73. The monoisotopic (exact) mass is 335 g/mol. The zero-order chi connectivity index (χ0) is 17.2. The normalized spacial score (nSPS) is 45.5. The van der Waals surface area contributed by atoms with Gasteiger partial charge >= 0.3 is 11.9 Å². The molecule has 0 saturated heterocycles. The van der Waals surface area contributed by atoms with Crippen molar-refractivity contribution >= 4 is 17.7 Å². The van der Waals surface area contributed by atoms with Crippen LogP contribution in [0, 0.1) is 29.1 Å². The Morgan fingerprint density at radius 1 is 1.29 bits per heavy atom. The number of carbonyl (C=O) groups excluding carboxylic acids is 1. The molecule has 3 fully saturated rings. The molecule has 4 aliphatic rings. The molecule has 0 amide bonds. The highest BCUT2D eigenvalue weighted by atomic mass is 16.5. The molecule has 1 aliphatic heterocycles. The van der Waals surface area contributed by atoms with Crippen molar-refractivity contribution in [2.45, 2.75) is 37.8 Å². The van der Waals surface area contributed by atoms with Crippen molar-refractivity contribution in [3.8, 4) is 0 Å². The van der Waals surface area contributed by atoms with E-state index < -0.39 is 35.2 Å². The van der Waals surface area contributed by atoms with Gasteiger partial charge < -0.3 is 20.7 Å². The lowest BCUT2D eigenvalue weighted by Gasteiger charge is -2.37. The lowest BCUT2D eigenvalue weighted by Crippen LogP contribution is -2.48. The number of aliphatic carboxylic acids is 2. The fraction of sp³-hybridized carbons (Fsp3) is 0.706. The van der Waals surface area contributed by atoms with Crippen LogP contribution in [0.5, 0.6) is 0 Å². The minimum absolute atomic E-state index is 0.151. The van der Waals surface area contributed by atoms with E-state index in [0.717, 1.165) is 18.4 Å². The number of rotatable bonds is 4. The van der Waals surface area contributed by atoms with Gasteiger partial charge in [-0.05, 0) is 31.1 Å². The van der Waals surface area contributed by atoms with E-state index in [-0.39, 0.29) is 30.2 Å². The molecule has 4 N–H and O–H groups in total. The number of nitrogens with two attached hydrogens (primary N) is 1. The van der Waals surface area contributed by atoms with E-state index in [1.54, 1.807) is 0 Å². The Morgan fingerprint density at radius 2 is 2.04 bits per heavy atom. The second-order valence-corrected chi connectivity index (χ2v) is 7.58. The summed E-state index contributed by atoms with van der Waals surface area (Å²) in [6.07, 6.45) is 3.10. The summed E-state index contributed by atoms with van der Waals surface area (Å²) < 4.78 is 5.78. The predicted octanol–water partition coefficient (Wildman–Crippen LogP) is 0.430. The first-order valence-corrected chi connectivity index (χ1v) is 8.43. The summed E-state index contributed by atoms with van der Waals surface area (Å²) in [5.41, 5.74) is 6.54. The lowest BCUT2D eigenvalue weighted by atomic mass is 9.66. The number of fused-ring (bicyclic) bond motifs is 1. The van der Waals surface area contributed by atoms with Crippen molar-refractivity contribution in [3.63, 3.8) is 0 Å². The Labute approximate surface area is 138 Å². The summed E-state index contributed by atoms with van der Waals surface area (Å²) in [7, 11) is 0. The Kier molecular flexibility index (Phi) is 3.37. The van der Waals surface area contributed by atoms with E-state index in [2.05, 4.69) is 0 Å². The third kappa shape index (κ3) is 1.82. The number of hydrogen-bond donors (Lipinski definition) is 3. The van der Waals surface area contributed by atoms with Gasteiger partial charge in [0.1, 0.15) is 0 Å². The van der Waals surface area contributed by atoms with E-state index in [9.17, 15) is 24.6 Å². The molecular formula is C17H21NO6. The lowest BCUT2D eigenvalue weighted by molar-refractivity contribution is -0.160. The highest BCUT2D eigenvalue weighted by molar-refractivity contribution is 6.35. The SMILES string of the molecule is NC1C2C3=CCOC(CC(=O)O)C2C2(C(=O)C(=O)O)CCC(C3)C12. The van der Waals surface area contributed by atoms with Gasteiger partial charge in [-0.15, -0.1) is 0 Å². The molecule has 7 atom stereocenters. The molecular weight excluding hydrogens is 314 g/mol. The van der Waals surface area contributed by atoms with Crippen LogP contribution in [0.15, 0.2) is 11.6 Å². The third-order valence-corrected chi connectivity index (χ3v) is 6.82. The van der Waals surface area contributed by atoms with Gasteiger partial charge in [-0.2, -0.15) is 0 Å². The topological polar surface area (TPSA) is 127 Å². The minimum Gasteiger partial charge on any atom is -0.481 e. The molecule has 3 aliphatic carbocycles. The zero-order valence-corrected chi connectivity index (χ0v) is 13.2. The Morgan fingerprint density at radius 3 is 2.71 bits per heavy atom. The molecule has 24 heavy (non-hydrogen) atoms. The maximum Gasteiger partial charge on any atom is 0.372 e. The van der Waals surface area contributed by atoms with Crippen molar-refractivity contribution in [2.75, 3.05) is 6.61 Å². The number of ketones is 1. The van der Waals surface area contributed by atoms with Crippen LogP contribution in [0.3, 0.4) is 0 Å². The maximum atomic E-state index is 12.8. The summed E-state index contributed by atoms with van der Waals surface area (Å²) in [6.45, 7) is 0.293. The standard InChI is InChI=1S/C17H21NO6/c18-14-11-7-2-4-24-9(6-10(19)20)13(11)17(15(21)16(22)23)3-1-8(5-7)12(14)17/h2,8-9,11-14H,1,3-6,18H2,(H,19,20)(H,22,23). The second-order valence-electron chi connectivity index (χ2n) is 7.58. The van der Waals surface area contributed by atoms with Crippen LogP contribution < -0.4 is 5.73 Å². The number of ether oxygens (including phenoxy) is 1. The van der Waals surface area contributed by atoms with Crippen LogP contribution in [0.2, 0.25) is 0 Å². The number of Topliss-reactive ketones (excluding diaryl/α,β-unsaturated/α-hetero) is 1. The molecule has 7 unspecified atom stereocenters. The molecule has 0 radical (unpaired) electrons. The first-order valence-electron chi connectivity index (χ1n) is 8.43. The van der Waals surface area contributed by atoms with Gasteiger partial charge in [-0.1, -0.05) is 11.6 Å². The Bertz CT molecular complexity index is 657. The smallest absolute Gasteiger partial charge is 0.372 e. The number of hydrogen-bond acceptors (Lipinski definition) is 5. The molecule has 0 spiro atoms. The number of carbonyl (C=O) groups is 3. The van der Waals surface area contributed by atoms with Crippen molar-refractivity contribution in [1.82, 2.24) is 0 Å². The fourth-order valence-corrected chi connectivity index (χ4v) is 6.30. The van der Waals surface area contributed by atoms with E-state index in [1.165, 1.54) is 0 Å². The van der Waals surface area contributed by atoms with Crippen LogP contribution >= 0.6 is 0 Å². The zero-order valence-electron chi connectivity index (χ0n) is 13.2.